The van der Waals surface area contributed by atoms with Crippen LogP contribution in [0.3, 0.4) is 0 Å². The average molecular weight is 79.9 g/mol. The first-order chi connectivity index (χ1) is 2.41. The van der Waals surface area contributed by atoms with Crippen molar-refractivity contribution in [2.75, 3.05) is 0 Å². The highest BCUT2D eigenvalue weighted by atomic mass is 14.2. The second-order valence-corrected chi connectivity index (χ2v) is 0.403. The molecular formula is C2H3BN3. The monoisotopic (exact) mass is 80.0 g/mol. The molecule has 0 saturated carbocycles. The first-order valence-electron chi connectivity index (χ1n) is 1.02. The quantitative estimate of drug-likeness (QED) is 0.409. The molecule has 0 aromatic carbocycles. The summed E-state index contributed by atoms with van der Waals surface area (Å²) in [5.41, 5.74) is 0. The molecule has 0 aromatic rings. The summed E-state index contributed by atoms with van der Waals surface area (Å²) < 4.78 is 0. The Balaban J connectivity index is 0. The van der Waals surface area contributed by atoms with Gasteiger partial charge in [0.05, 0.1) is 0 Å². The van der Waals surface area contributed by atoms with Crippen molar-refractivity contribution in [2.45, 2.75) is 0 Å². The van der Waals surface area contributed by atoms with Gasteiger partial charge in [-0.1, -0.05) is 0 Å². The highest BCUT2D eigenvalue weighted by molar-refractivity contribution is 6.53. The van der Waals surface area contributed by atoms with Gasteiger partial charge in [-0.05, 0) is 0 Å². The van der Waals surface area contributed by atoms with E-state index in [2.05, 4.69) is 0 Å². The van der Waals surface area contributed by atoms with Crippen LogP contribution >= 0.6 is 0 Å². The first kappa shape index (κ1) is 8.89. The van der Waals surface area contributed by atoms with E-state index in [0.29, 0.717) is 0 Å². The Kier molecular flexibility index (Phi) is 13.3. The van der Waals surface area contributed by atoms with Crippen LogP contribution in [-0.4, -0.2) is 7.28 Å². The predicted octanol–water partition coefficient (Wildman–Crippen LogP) is -0.185. The van der Waals surface area contributed by atoms with Gasteiger partial charge in [-0.15, -0.1) is 0 Å². The van der Waals surface area contributed by atoms with Gasteiger partial charge in [-0.25, -0.2) is 10.5 Å². The fourth-order valence-corrected chi connectivity index (χ4v) is 0.0289. The van der Waals surface area contributed by atoms with Crippen molar-refractivity contribution in [2.24, 2.45) is 0 Å². The summed E-state index contributed by atoms with van der Waals surface area (Å²) in [7, 11) is 0.861. The second kappa shape index (κ2) is 9.00. The fourth-order valence-electron chi connectivity index (χ4n) is 0.0289. The molecule has 0 saturated heterocycles. The molecule has 0 aliphatic rings. The fraction of sp³-hybridized carbons (Fsp3) is 0. The smallest absolute Gasteiger partial charge is 0.344 e. The maximum atomic E-state index is 7.54. The van der Waals surface area contributed by atoms with Crippen LogP contribution in [-0.2, 0) is 0 Å². The molecule has 0 atom stereocenters. The molecule has 0 amide bonds. The molecule has 4 heteroatoms. The highest BCUT2D eigenvalue weighted by Gasteiger charge is 1.71. The molecule has 0 bridgehead atoms. The lowest BCUT2D eigenvalue weighted by atomic mass is 9.85. The van der Waals surface area contributed by atoms with E-state index in [4.69, 9.17) is 10.5 Å². The summed E-state index contributed by atoms with van der Waals surface area (Å²) in [6, 6.07) is 0. The van der Waals surface area contributed by atoms with Crippen LogP contribution in [0.15, 0.2) is 0 Å². The zero-order chi connectivity index (χ0) is 4.12. The minimum Gasteiger partial charge on any atom is -0.344 e. The van der Waals surface area contributed by atoms with Crippen LogP contribution in [0.1, 0.15) is 0 Å². The minimum atomic E-state index is 0. The Bertz CT molecular complexity index is 73.9. The molecule has 1 radical (unpaired) electrons. The van der Waals surface area contributed by atoms with Crippen molar-refractivity contribution >= 4 is 7.28 Å². The van der Waals surface area contributed by atoms with Gasteiger partial charge >= 0.3 is 7.28 Å². The van der Waals surface area contributed by atoms with Crippen LogP contribution < -0.4 is 6.15 Å². The predicted molar refractivity (Wildman–Crippen MR) is 22.0 cm³/mol. The zero-order valence-electron chi connectivity index (χ0n) is 3.18. The largest absolute Gasteiger partial charge is 0.390 e. The van der Waals surface area contributed by atoms with Gasteiger partial charge in [0.15, 0.2) is 0 Å². The maximum Gasteiger partial charge on any atom is 0.390 e. The lowest BCUT2D eigenvalue weighted by molar-refractivity contribution is 1.55. The maximum absolute atomic E-state index is 7.54. The Hall–Kier alpha value is -0.995. The molecule has 3 nitrogen and oxygen atoms in total. The Morgan fingerprint density at radius 2 is 1.50 bits per heavy atom. The summed E-state index contributed by atoms with van der Waals surface area (Å²) >= 11 is 0. The van der Waals surface area contributed by atoms with E-state index in [1.54, 1.807) is 0 Å². The van der Waals surface area contributed by atoms with E-state index >= 15 is 0 Å². The number of nitrogens with zero attached hydrogens (tertiary/aromatic N) is 2. The number of rotatable bonds is 0. The summed E-state index contributed by atoms with van der Waals surface area (Å²) in [6.45, 7) is 0. The van der Waals surface area contributed by atoms with Gasteiger partial charge in [0.2, 0.25) is 0 Å². The van der Waals surface area contributed by atoms with Crippen molar-refractivity contribution in [3.8, 4) is 11.9 Å². The summed E-state index contributed by atoms with van der Waals surface area (Å²) in [5.74, 6) is 3.06. The van der Waals surface area contributed by atoms with E-state index in [0.717, 1.165) is 7.28 Å². The third kappa shape index (κ3) is 12.0. The molecule has 0 fully saturated rings. The van der Waals surface area contributed by atoms with Crippen molar-refractivity contribution in [1.29, 1.82) is 10.5 Å². The number of hydrogen-bond acceptors (Lipinski definition) is 3. The highest BCUT2D eigenvalue weighted by Crippen LogP contribution is 1.38. The normalized spacial score (nSPS) is 3.00. The van der Waals surface area contributed by atoms with Crippen LogP contribution in [0.4, 0.5) is 0 Å². The molecule has 0 aliphatic heterocycles. The molecule has 0 aliphatic carbocycles. The van der Waals surface area contributed by atoms with Crippen LogP contribution in [0.2, 0.25) is 0 Å². The van der Waals surface area contributed by atoms with E-state index in [-0.39, 0.29) is 6.15 Å². The summed E-state index contributed by atoms with van der Waals surface area (Å²) in [6.07, 6.45) is 0. The molecule has 6 heavy (non-hydrogen) atoms. The first-order valence-corrected chi connectivity index (χ1v) is 1.02. The lowest BCUT2D eigenvalue weighted by Crippen LogP contribution is -1.70. The number of hydrogen-bond donors (Lipinski definition) is 1. The summed E-state index contributed by atoms with van der Waals surface area (Å²) in [4.78, 5) is 0. The molecule has 0 heterocycles. The Labute approximate surface area is 37.0 Å². The third-order valence-corrected chi connectivity index (χ3v) is 0.129. The Morgan fingerprint density at radius 3 is 1.50 bits per heavy atom. The molecule has 0 rings (SSSR count). The van der Waals surface area contributed by atoms with Crippen LogP contribution in [0, 0.1) is 22.5 Å². The van der Waals surface area contributed by atoms with Crippen molar-refractivity contribution < 1.29 is 0 Å². The van der Waals surface area contributed by atoms with E-state index in [1.807, 2.05) is 0 Å². The average Bonchev–Trinajstić information content (AvgIpc) is 1.41. The van der Waals surface area contributed by atoms with Gasteiger partial charge in [-0.2, -0.15) is 0 Å². The van der Waals surface area contributed by atoms with Gasteiger partial charge < -0.3 is 6.15 Å². The van der Waals surface area contributed by atoms with Gasteiger partial charge in [-0.3, -0.25) is 0 Å². The van der Waals surface area contributed by atoms with Gasteiger partial charge in [0, 0.05) is 11.9 Å². The van der Waals surface area contributed by atoms with E-state index < -0.39 is 0 Å². The van der Waals surface area contributed by atoms with Gasteiger partial charge in [0.25, 0.3) is 0 Å². The lowest BCUT2D eigenvalue weighted by Gasteiger charge is -1.39. The molecule has 0 unspecified atom stereocenters. The molecule has 3 N–H and O–H groups in total. The molecule has 29 valence electrons. The van der Waals surface area contributed by atoms with Crippen LogP contribution in [0.25, 0.3) is 0 Å². The Morgan fingerprint density at radius 1 is 1.17 bits per heavy atom. The van der Waals surface area contributed by atoms with Crippen molar-refractivity contribution in [3.05, 3.63) is 0 Å². The molecule has 0 aromatic heterocycles. The molecule has 0 spiro atoms. The topological polar surface area (TPSA) is 82.6 Å². The minimum absolute atomic E-state index is 0. The van der Waals surface area contributed by atoms with E-state index in [1.165, 1.54) is 11.9 Å². The second-order valence-electron chi connectivity index (χ2n) is 0.403. The van der Waals surface area contributed by atoms with Crippen molar-refractivity contribution in [1.82, 2.24) is 6.15 Å². The standard InChI is InChI=1S/C2BN2.H3N/c4-1-3-2-5;/h;1H3. The SMILES string of the molecule is N.N#C[B]C#N. The molecular weight excluding hydrogens is 76.9 g/mol. The summed E-state index contributed by atoms with van der Waals surface area (Å²) in [5, 5.41) is 15.1. The van der Waals surface area contributed by atoms with Crippen molar-refractivity contribution in [3.63, 3.8) is 0 Å². The third-order valence-electron chi connectivity index (χ3n) is 0.129. The van der Waals surface area contributed by atoms with E-state index in [9.17, 15) is 0 Å². The van der Waals surface area contributed by atoms with Gasteiger partial charge in [0.1, 0.15) is 0 Å². The zero-order valence-corrected chi connectivity index (χ0v) is 3.18. The number of nitriles is 2. The van der Waals surface area contributed by atoms with Crippen LogP contribution in [0.5, 0.6) is 0 Å².